The first-order valence-electron chi connectivity index (χ1n) is 11.0. The second-order valence-electron chi connectivity index (χ2n) is 8.69. The molecule has 0 aromatic rings. The van der Waals surface area contributed by atoms with Crippen molar-refractivity contribution in [2.75, 3.05) is 0 Å². The third kappa shape index (κ3) is 6.79. The Kier molecular flexibility index (Phi) is 9.77. The van der Waals surface area contributed by atoms with Crippen molar-refractivity contribution in [3.63, 3.8) is 0 Å². The summed E-state index contributed by atoms with van der Waals surface area (Å²) in [5.74, 6) is 0. The van der Waals surface area contributed by atoms with E-state index in [-0.39, 0.29) is 18.7 Å². The van der Waals surface area contributed by atoms with Crippen LogP contribution < -0.4 is 3.80 Å². The van der Waals surface area contributed by atoms with Gasteiger partial charge >= 0.3 is 168 Å². The normalized spacial score (nSPS) is 23.2. The zero-order valence-electron chi connectivity index (χ0n) is 17.3. The summed E-state index contributed by atoms with van der Waals surface area (Å²) < 4.78 is 4.29. The van der Waals surface area contributed by atoms with Crippen molar-refractivity contribution in [3.8, 4) is 0 Å². The molecule has 0 atom stereocenters. The molecule has 0 aliphatic heterocycles. The number of nitrogens with one attached hydrogen (secondary N) is 1. The first-order valence-corrected chi connectivity index (χ1v) is 17.4. The van der Waals surface area contributed by atoms with Crippen LogP contribution in [0.1, 0.15) is 97.3 Å². The van der Waals surface area contributed by atoms with Gasteiger partial charge in [0.05, 0.1) is 0 Å². The third-order valence-corrected chi connectivity index (χ3v) is 11.0. The van der Waals surface area contributed by atoms with E-state index in [2.05, 4.69) is 36.8 Å². The molecular weight excluding hydrogens is 354 g/mol. The van der Waals surface area contributed by atoms with Crippen LogP contribution in [0.25, 0.3) is 0 Å². The average molecular weight is 396 g/mol. The van der Waals surface area contributed by atoms with E-state index in [4.69, 9.17) is 0 Å². The van der Waals surface area contributed by atoms with Gasteiger partial charge in [-0.25, -0.2) is 0 Å². The molecule has 3 heteroatoms. The van der Waals surface area contributed by atoms with E-state index in [9.17, 15) is 0 Å². The molecule has 1 saturated carbocycles. The maximum absolute atomic E-state index is 4.29. The molecule has 1 N–H and O–H groups in total. The molecule has 1 fully saturated rings. The van der Waals surface area contributed by atoms with E-state index in [1.165, 1.54) is 83.5 Å². The predicted octanol–water partition coefficient (Wildman–Crippen LogP) is 6.66. The summed E-state index contributed by atoms with van der Waals surface area (Å²) in [7, 11) is 0. The molecule has 0 aromatic heterocycles. The fraction of sp³-hybridized carbons (Fsp3) is 0.818. The molecule has 0 bridgehead atoms. The van der Waals surface area contributed by atoms with Gasteiger partial charge in [-0.1, -0.05) is 0 Å². The SMILES string of the molecule is CCC1=C(C)CC(C2([NH][Ti][SiH](C)C)CCCCCCCCCCC2)=C1. The fourth-order valence-electron chi connectivity index (χ4n) is 4.52. The molecule has 0 unspecified atom stereocenters. The van der Waals surface area contributed by atoms with Crippen LogP contribution in [-0.4, -0.2) is 12.2 Å². The Labute approximate surface area is 167 Å². The maximum atomic E-state index is 4.29. The Morgan fingerprint density at radius 1 is 0.960 bits per heavy atom. The summed E-state index contributed by atoms with van der Waals surface area (Å²) in [5, 5.41) is 0. The number of allylic oxidation sites excluding steroid dienone is 3. The Morgan fingerprint density at radius 3 is 1.92 bits per heavy atom. The molecule has 2 aliphatic rings. The molecule has 0 radical (unpaired) electrons. The van der Waals surface area contributed by atoms with Crippen LogP contribution in [0.15, 0.2) is 22.8 Å². The summed E-state index contributed by atoms with van der Waals surface area (Å²) in [5.41, 5.74) is 5.39. The number of hydrogen-bond donors (Lipinski definition) is 1. The van der Waals surface area contributed by atoms with Crippen LogP contribution in [0.3, 0.4) is 0 Å². The van der Waals surface area contributed by atoms with E-state index in [1.54, 1.807) is 16.7 Å². The zero-order chi connectivity index (χ0) is 18.1. The molecular formula is C22H41NSiTi. The van der Waals surface area contributed by atoms with Crippen molar-refractivity contribution in [1.29, 1.82) is 0 Å². The molecule has 142 valence electrons. The minimum absolute atomic E-state index is 0.0731. The molecule has 2 aliphatic carbocycles. The standard InChI is InChI=1S/C20H34N.C2H7Si.Ti/c1-3-18-16-19(15-17(18)2)20(21)13-11-9-7-5-4-6-8-10-12-14-20;1-3-2;/h16,21H,3-15H2,1-2H3;3H,1-2H3;/q-1;;+1. The first-order chi connectivity index (χ1) is 12.1. The zero-order valence-corrected chi connectivity index (χ0v) is 20.1. The van der Waals surface area contributed by atoms with E-state index in [1.807, 2.05) is 0 Å². The summed E-state index contributed by atoms with van der Waals surface area (Å²) in [4.78, 5) is 0. The number of hydrogen-bond acceptors (Lipinski definition) is 1. The Morgan fingerprint density at radius 2 is 1.48 bits per heavy atom. The summed E-state index contributed by atoms with van der Waals surface area (Å²) in [6, 6.07) is 0. The third-order valence-electron chi connectivity index (χ3n) is 6.16. The van der Waals surface area contributed by atoms with Crippen LogP contribution in [-0.2, 0) is 18.7 Å². The quantitative estimate of drug-likeness (QED) is 0.513. The fourth-order valence-corrected chi connectivity index (χ4v) is 8.37. The van der Waals surface area contributed by atoms with Gasteiger partial charge in [-0.05, 0) is 0 Å². The minimum atomic E-state index is -0.456. The second kappa shape index (κ2) is 11.3. The molecule has 1 nitrogen and oxygen atoms in total. The van der Waals surface area contributed by atoms with E-state index < -0.39 is 6.66 Å². The Hall–Kier alpha value is 0.371. The van der Waals surface area contributed by atoms with Gasteiger partial charge in [-0.2, -0.15) is 0 Å². The Bertz CT molecular complexity index is 455. The van der Waals surface area contributed by atoms with Gasteiger partial charge in [0.25, 0.3) is 0 Å². The Balaban J connectivity index is 2.17. The molecule has 25 heavy (non-hydrogen) atoms. The van der Waals surface area contributed by atoms with Gasteiger partial charge in [0.2, 0.25) is 0 Å². The second-order valence-corrected chi connectivity index (χ2v) is 18.4. The van der Waals surface area contributed by atoms with Crippen molar-refractivity contribution < 1.29 is 18.7 Å². The first kappa shape index (κ1) is 21.7. The monoisotopic (exact) mass is 395 g/mol. The summed E-state index contributed by atoms with van der Waals surface area (Å²) >= 11 is 0.0731. The van der Waals surface area contributed by atoms with Gasteiger partial charge in [0.15, 0.2) is 0 Å². The molecule has 0 aromatic carbocycles. The molecule has 0 saturated heterocycles. The summed E-state index contributed by atoms with van der Waals surface area (Å²) in [6.07, 6.45) is 20.9. The molecule has 2 rings (SSSR count). The van der Waals surface area contributed by atoms with Crippen molar-refractivity contribution in [2.24, 2.45) is 0 Å². The van der Waals surface area contributed by atoms with Gasteiger partial charge in [0.1, 0.15) is 0 Å². The van der Waals surface area contributed by atoms with Crippen molar-refractivity contribution >= 4 is 6.66 Å². The van der Waals surface area contributed by atoms with Gasteiger partial charge in [0, 0.05) is 0 Å². The van der Waals surface area contributed by atoms with Crippen LogP contribution in [0.2, 0.25) is 13.1 Å². The van der Waals surface area contributed by atoms with Gasteiger partial charge < -0.3 is 0 Å². The molecule has 0 heterocycles. The van der Waals surface area contributed by atoms with E-state index in [0.717, 1.165) is 0 Å². The van der Waals surface area contributed by atoms with Crippen LogP contribution in [0.5, 0.6) is 0 Å². The number of rotatable bonds is 5. The molecule has 0 amide bonds. The predicted molar refractivity (Wildman–Crippen MR) is 111 cm³/mol. The topological polar surface area (TPSA) is 12.0 Å². The van der Waals surface area contributed by atoms with Crippen molar-refractivity contribution in [2.45, 2.75) is 116 Å². The van der Waals surface area contributed by atoms with Crippen molar-refractivity contribution in [3.05, 3.63) is 22.8 Å². The van der Waals surface area contributed by atoms with E-state index >= 15 is 0 Å². The van der Waals surface area contributed by atoms with Crippen molar-refractivity contribution in [1.82, 2.24) is 3.80 Å². The van der Waals surface area contributed by atoms with Gasteiger partial charge in [-0.3, -0.25) is 0 Å². The molecule has 0 spiro atoms. The van der Waals surface area contributed by atoms with Crippen LogP contribution in [0, 0.1) is 0 Å². The van der Waals surface area contributed by atoms with Crippen LogP contribution in [0.4, 0.5) is 0 Å². The van der Waals surface area contributed by atoms with Crippen LogP contribution >= 0.6 is 0 Å². The van der Waals surface area contributed by atoms with Gasteiger partial charge in [-0.15, -0.1) is 0 Å². The summed E-state index contributed by atoms with van der Waals surface area (Å²) in [6.45, 7) is 9.33. The van der Waals surface area contributed by atoms with E-state index in [0.29, 0.717) is 5.54 Å². The average Bonchev–Trinajstić information content (AvgIpc) is 2.96.